The maximum absolute atomic E-state index is 13.9. The van der Waals surface area contributed by atoms with Crippen LogP contribution in [0, 0.1) is 15.9 Å². The summed E-state index contributed by atoms with van der Waals surface area (Å²) >= 11 is 3.78. The van der Waals surface area contributed by atoms with E-state index in [2.05, 4.69) is 6.58 Å². The SMILES string of the molecule is C=C(/C=C(I)\C(C)=C/C)CC(Cc1ccc(C)c(I)c1)(C(F)(F)F)C(F)(F)F. The smallest absolute Gasteiger partial charge is 0.170 e. The van der Waals surface area contributed by atoms with Crippen LogP contribution in [0.4, 0.5) is 26.3 Å². The summed E-state index contributed by atoms with van der Waals surface area (Å²) < 4.78 is 84.3. The van der Waals surface area contributed by atoms with Crippen LogP contribution in [-0.4, -0.2) is 12.4 Å². The Balaban J connectivity index is 3.47. The van der Waals surface area contributed by atoms with Gasteiger partial charge in [-0.3, -0.25) is 0 Å². The van der Waals surface area contributed by atoms with Gasteiger partial charge in [0.15, 0.2) is 5.41 Å². The van der Waals surface area contributed by atoms with E-state index in [1.807, 2.05) is 45.2 Å². The molecule has 0 aliphatic carbocycles. The lowest BCUT2D eigenvalue weighted by Gasteiger charge is -2.38. The van der Waals surface area contributed by atoms with Crippen LogP contribution in [0.2, 0.25) is 0 Å². The van der Waals surface area contributed by atoms with Gasteiger partial charge in [-0.05, 0) is 108 Å². The summed E-state index contributed by atoms with van der Waals surface area (Å²) in [5.74, 6) is 0. The van der Waals surface area contributed by atoms with Gasteiger partial charge in [0.2, 0.25) is 0 Å². The van der Waals surface area contributed by atoms with Gasteiger partial charge in [-0.15, -0.1) is 0 Å². The Morgan fingerprint density at radius 1 is 1.11 bits per heavy atom. The van der Waals surface area contributed by atoms with Crippen molar-refractivity contribution in [2.75, 3.05) is 0 Å². The van der Waals surface area contributed by atoms with Crippen LogP contribution in [-0.2, 0) is 6.42 Å². The lowest BCUT2D eigenvalue weighted by Crippen LogP contribution is -2.51. The normalized spacial score (nSPS) is 14.4. The van der Waals surface area contributed by atoms with Crippen molar-refractivity contribution < 1.29 is 26.3 Å². The summed E-state index contributed by atoms with van der Waals surface area (Å²) in [6, 6.07) is 4.21. The zero-order valence-electron chi connectivity index (χ0n) is 15.5. The second-order valence-electron chi connectivity index (χ2n) is 6.64. The average molecular weight is 628 g/mol. The van der Waals surface area contributed by atoms with E-state index in [-0.39, 0.29) is 11.1 Å². The van der Waals surface area contributed by atoms with Crippen molar-refractivity contribution >= 4 is 45.2 Å². The molecule has 28 heavy (non-hydrogen) atoms. The van der Waals surface area contributed by atoms with Crippen LogP contribution in [0.5, 0.6) is 0 Å². The molecule has 156 valence electrons. The van der Waals surface area contributed by atoms with Crippen molar-refractivity contribution in [1.29, 1.82) is 0 Å². The third kappa shape index (κ3) is 5.99. The minimum Gasteiger partial charge on any atom is -0.170 e. The third-order valence-electron chi connectivity index (χ3n) is 4.50. The fourth-order valence-electron chi connectivity index (χ4n) is 2.59. The van der Waals surface area contributed by atoms with Gasteiger partial charge in [-0.25, -0.2) is 0 Å². The maximum Gasteiger partial charge on any atom is 0.403 e. The first-order valence-corrected chi connectivity index (χ1v) is 10.4. The van der Waals surface area contributed by atoms with Gasteiger partial charge in [-0.1, -0.05) is 30.4 Å². The Kier molecular flexibility index (Phi) is 8.68. The molecule has 8 heteroatoms. The zero-order valence-corrected chi connectivity index (χ0v) is 19.8. The van der Waals surface area contributed by atoms with E-state index in [0.29, 0.717) is 7.15 Å². The number of allylic oxidation sites excluding steroid dienone is 5. The first-order chi connectivity index (χ1) is 12.6. The fraction of sp³-hybridized carbons (Fsp3) is 0.400. The maximum atomic E-state index is 13.9. The molecule has 0 N–H and O–H groups in total. The van der Waals surface area contributed by atoms with Crippen LogP contribution in [0.3, 0.4) is 0 Å². The van der Waals surface area contributed by atoms with Gasteiger partial charge in [0, 0.05) is 7.15 Å². The van der Waals surface area contributed by atoms with E-state index in [1.54, 1.807) is 26.8 Å². The second kappa shape index (κ2) is 9.53. The van der Waals surface area contributed by atoms with E-state index in [4.69, 9.17) is 0 Å². The Morgan fingerprint density at radius 3 is 2.07 bits per heavy atom. The molecule has 0 unspecified atom stereocenters. The Bertz CT molecular complexity index is 771. The first-order valence-electron chi connectivity index (χ1n) is 8.21. The molecule has 0 amide bonds. The largest absolute Gasteiger partial charge is 0.403 e. The van der Waals surface area contributed by atoms with E-state index >= 15 is 0 Å². The standard InChI is InChI=1S/C20H20F6I2/c1-5-13(3)16(27)8-12(2)10-18(19(21,22)23,20(24,25)26)11-15-7-6-14(4)17(28)9-15/h5-9H,2,10-11H2,1,3-4H3/b13-5-,16-8+. The Morgan fingerprint density at radius 2 is 1.64 bits per heavy atom. The minimum absolute atomic E-state index is 0.0132. The number of rotatable bonds is 6. The van der Waals surface area contributed by atoms with Gasteiger partial charge in [0.25, 0.3) is 0 Å². The molecule has 0 fully saturated rings. The molecule has 0 aliphatic rings. The molecule has 0 atom stereocenters. The van der Waals surface area contributed by atoms with E-state index in [0.717, 1.165) is 11.1 Å². The molecule has 0 heterocycles. The lowest BCUT2D eigenvalue weighted by molar-refractivity contribution is -0.340. The highest BCUT2D eigenvalue weighted by Crippen LogP contribution is 2.56. The van der Waals surface area contributed by atoms with E-state index < -0.39 is 30.6 Å². The van der Waals surface area contributed by atoms with E-state index in [1.165, 1.54) is 24.3 Å². The van der Waals surface area contributed by atoms with Crippen molar-refractivity contribution in [3.05, 3.63) is 66.4 Å². The van der Waals surface area contributed by atoms with Gasteiger partial charge < -0.3 is 0 Å². The number of benzene rings is 1. The topological polar surface area (TPSA) is 0 Å². The molecule has 0 nitrogen and oxygen atoms in total. The predicted molar refractivity (Wildman–Crippen MR) is 117 cm³/mol. The lowest BCUT2D eigenvalue weighted by atomic mass is 9.75. The molecular weight excluding hydrogens is 608 g/mol. The van der Waals surface area contributed by atoms with Crippen LogP contribution in [0.25, 0.3) is 0 Å². The quantitative estimate of drug-likeness (QED) is 0.169. The number of aryl methyl sites for hydroxylation is 1. The molecule has 1 rings (SSSR count). The molecule has 1 aromatic rings. The van der Waals surface area contributed by atoms with Gasteiger partial charge in [-0.2, -0.15) is 26.3 Å². The van der Waals surface area contributed by atoms with Gasteiger partial charge in [0.1, 0.15) is 0 Å². The minimum atomic E-state index is -5.49. The molecule has 0 saturated carbocycles. The van der Waals surface area contributed by atoms with Crippen molar-refractivity contribution in [3.63, 3.8) is 0 Å². The number of hydrogen-bond donors (Lipinski definition) is 0. The first kappa shape index (κ1) is 25.5. The summed E-state index contributed by atoms with van der Waals surface area (Å²) in [5.41, 5.74) is -2.60. The van der Waals surface area contributed by atoms with Crippen LogP contribution in [0.15, 0.2) is 51.7 Å². The number of halogens is 8. The fourth-order valence-corrected chi connectivity index (χ4v) is 3.92. The molecule has 0 radical (unpaired) electrons. The average Bonchev–Trinajstić information content (AvgIpc) is 2.54. The molecule has 0 saturated heterocycles. The third-order valence-corrected chi connectivity index (χ3v) is 6.82. The molecule has 1 aromatic carbocycles. The number of hydrogen-bond acceptors (Lipinski definition) is 0. The summed E-state index contributed by atoms with van der Waals surface area (Å²) in [6.07, 6.45) is -10.4. The molecular formula is C20H20F6I2. The van der Waals surface area contributed by atoms with Gasteiger partial charge >= 0.3 is 12.4 Å². The molecule has 0 spiro atoms. The zero-order chi connectivity index (χ0) is 21.9. The van der Waals surface area contributed by atoms with Gasteiger partial charge in [0.05, 0.1) is 0 Å². The van der Waals surface area contributed by atoms with Crippen LogP contribution in [0.1, 0.15) is 31.4 Å². The second-order valence-corrected chi connectivity index (χ2v) is 8.96. The summed E-state index contributed by atoms with van der Waals surface area (Å²) in [5, 5.41) is 0. The highest BCUT2D eigenvalue weighted by atomic mass is 127. The van der Waals surface area contributed by atoms with E-state index in [9.17, 15) is 26.3 Å². The van der Waals surface area contributed by atoms with Crippen molar-refractivity contribution in [3.8, 4) is 0 Å². The van der Waals surface area contributed by atoms with Crippen molar-refractivity contribution in [2.24, 2.45) is 5.41 Å². The summed E-state index contributed by atoms with van der Waals surface area (Å²) in [6.45, 7) is 8.69. The molecule has 0 aromatic heterocycles. The summed E-state index contributed by atoms with van der Waals surface area (Å²) in [7, 11) is 0. The number of alkyl halides is 6. The predicted octanol–water partition coefficient (Wildman–Crippen LogP) is 8.48. The van der Waals surface area contributed by atoms with Crippen molar-refractivity contribution in [1.82, 2.24) is 0 Å². The highest BCUT2D eigenvalue weighted by molar-refractivity contribution is 14.1. The van der Waals surface area contributed by atoms with Crippen LogP contribution < -0.4 is 0 Å². The Hall–Kier alpha value is -0.520. The Labute approximate surface area is 188 Å². The molecule has 0 bridgehead atoms. The van der Waals surface area contributed by atoms with Crippen molar-refractivity contribution in [2.45, 2.75) is 46.0 Å². The van der Waals surface area contributed by atoms with Crippen LogP contribution >= 0.6 is 45.2 Å². The summed E-state index contributed by atoms with van der Waals surface area (Å²) in [4.78, 5) is 0. The molecule has 0 aliphatic heterocycles. The monoisotopic (exact) mass is 628 g/mol. The highest BCUT2D eigenvalue weighted by Gasteiger charge is 2.69.